The monoisotopic (exact) mass is 547 g/mol. The Morgan fingerprint density at radius 2 is 0.605 bits per heavy atom. The van der Waals surface area contributed by atoms with E-state index in [2.05, 4.69) is 24.3 Å². The average Bonchev–Trinajstić information content (AvgIpc) is 3.08. The number of benzene rings is 5. The highest BCUT2D eigenvalue weighted by Gasteiger charge is 2.16. The first-order valence-electron chi connectivity index (χ1n) is 12.9. The van der Waals surface area contributed by atoms with Gasteiger partial charge in [-0.2, -0.15) is 31.6 Å². The molecule has 0 spiro atoms. The van der Waals surface area contributed by atoms with Gasteiger partial charge in [0.1, 0.15) is 36.4 Å². The van der Waals surface area contributed by atoms with Gasteiger partial charge in [-0.1, -0.05) is 36.4 Å². The quantitative estimate of drug-likeness (QED) is 0.219. The molecule has 0 fully saturated rings. The van der Waals surface area contributed by atoms with Crippen molar-refractivity contribution >= 4 is 17.1 Å². The Kier molecular flexibility index (Phi) is 7.60. The highest BCUT2D eigenvalue weighted by atomic mass is 15.1. The van der Waals surface area contributed by atoms with Crippen molar-refractivity contribution in [1.82, 2.24) is 0 Å². The molecule has 196 valence electrons. The van der Waals surface area contributed by atoms with E-state index in [4.69, 9.17) is 0 Å². The standard InChI is InChI=1S/C36H17N7/c37-18-28-3-1-26(15-31(28)21-40)24-5-10-34(11-6-24)43(36-14-9-30(20-39)33(17-36)23-42)35-12-7-25(8-13-35)27-2-4-29(19-38)32(16-27)22-41/h1-17H. The molecule has 0 atom stereocenters. The van der Waals surface area contributed by atoms with Crippen LogP contribution < -0.4 is 4.90 Å². The van der Waals surface area contributed by atoms with Crippen LogP contribution in [-0.4, -0.2) is 0 Å². The van der Waals surface area contributed by atoms with Crippen molar-refractivity contribution in [2.24, 2.45) is 0 Å². The van der Waals surface area contributed by atoms with Crippen molar-refractivity contribution in [2.75, 3.05) is 4.90 Å². The largest absolute Gasteiger partial charge is 0.310 e. The molecular formula is C36H17N7. The molecular weight excluding hydrogens is 530 g/mol. The Morgan fingerprint density at radius 3 is 0.977 bits per heavy atom. The molecule has 5 aromatic carbocycles. The normalized spacial score (nSPS) is 9.72. The van der Waals surface area contributed by atoms with E-state index < -0.39 is 0 Å². The van der Waals surface area contributed by atoms with Crippen LogP contribution in [0.15, 0.2) is 103 Å². The highest BCUT2D eigenvalue weighted by molar-refractivity contribution is 5.81. The molecule has 5 aromatic rings. The molecule has 0 amide bonds. The molecule has 43 heavy (non-hydrogen) atoms. The van der Waals surface area contributed by atoms with E-state index in [1.165, 1.54) is 0 Å². The van der Waals surface area contributed by atoms with Gasteiger partial charge in [0.05, 0.1) is 33.4 Å². The molecule has 0 bridgehead atoms. The maximum atomic E-state index is 9.68. The van der Waals surface area contributed by atoms with Crippen LogP contribution in [0.25, 0.3) is 22.3 Å². The van der Waals surface area contributed by atoms with Gasteiger partial charge in [0.2, 0.25) is 0 Å². The SMILES string of the molecule is N#Cc1ccc(-c2ccc(N(c3ccc(-c4ccc(C#N)c(C#N)c4)cc3)c3ccc(C#N)c(C#N)c3)cc2)cc1C#N. The van der Waals surface area contributed by atoms with Gasteiger partial charge in [-0.3, -0.25) is 0 Å². The second-order valence-corrected chi connectivity index (χ2v) is 9.35. The second kappa shape index (κ2) is 11.9. The summed E-state index contributed by atoms with van der Waals surface area (Å²) in [5.74, 6) is 0. The lowest BCUT2D eigenvalue weighted by Gasteiger charge is -2.26. The predicted octanol–water partition coefficient (Wildman–Crippen LogP) is 7.72. The van der Waals surface area contributed by atoms with E-state index in [1.54, 1.807) is 54.6 Å². The van der Waals surface area contributed by atoms with E-state index in [1.807, 2.05) is 65.6 Å². The van der Waals surface area contributed by atoms with Crippen molar-refractivity contribution in [3.8, 4) is 58.7 Å². The first-order valence-corrected chi connectivity index (χ1v) is 12.9. The molecule has 0 aromatic heterocycles. The van der Waals surface area contributed by atoms with Gasteiger partial charge in [-0.25, -0.2) is 0 Å². The first kappa shape index (κ1) is 27.4. The lowest BCUT2D eigenvalue weighted by molar-refractivity contribution is 1.27. The van der Waals surface area contributed by atoms with Crippen molar-refractivity contribution < 1.29 is 0 Å². The van der Waals surface area contributed by atoms with Gasteiger partial charge < -0.3 is 4.90 Å². The molecule has 0 aliphatic carbocycles. The third-order valence-corrected chi connectivity index (χ3v) is 6.94. The van der Waals surface area contributed by atoms with Gasteiger partial charge in [-0.15, -0.1) is 0 Å². The molecule has 0 radical (unpaired) electrons. The fraction of sp³-hybridized carbons (Fsp3) is 0. The Balaban J connectivity index is 1.58. The fourth-order valence-corrected chi connectivity index (χ4v) is 4.74. The number of nitrogens with zero attached hydrogens (tertiary/aromatic N) is 7. The molecule has 0 aliphatic heterocycles. The third kappa shape index (κ3) is 5.35. The molecule has 0 unspecified atom stereocenters. The zero-order chi connectivity index (χ0) is 30.3. The summed E-state index contributed by atoms with van der Waals surface area (Å²) in [6.45, 7) is 0. The minimum absolute atomic E-state index is 0.251. The van der Waals surface area contributed by atoms with E-state index in [9.17, 15) is 31.6 Å². The number of rotatable bonds is 5. The summed E-state index contributed by atoms with van der Waals surface area (Å²) >= 11 is 0. The lowest BCUT2D eigenvalue weighted by Crippen LogP contribution is -2.10. The lowest BCUT2D eigenvalue weighted by atomic mass is 9.99. The summed E-state index contributed by atoms with van der Waals surface area (Å²) in [6.07, 6.45) is 0. The third-order valence-electron chi connectivity index (χ3n) is 6.94. The molecule has 5 rings (SSSR count). The van der Waals surface area contributed by atoms with Gasteiger partial charge in [0, 0.05) is 17.1 Å². The smallest absolute Gasteiger partial charge is 0.101 e. The zero-order valence-electron chi connectivity index (χ0n) is 22.4. The van der Waals surface area contributed by atoms with Crippen LogP contribution >= 0.6 is 0 Å². The Hall–Kier alpha value is -7.16. The van der Waals surface area contributed by atoms with Gasteiger partial charge >= 0.3 is 0 Å². The van der Waals surface area contributed by atoms with Crippen molar-refractivity contribution in [3.63, 3.8) is 0 Å². The molecule has 0 saturated heterocycles. The van der Waals surface area contributed by atoms with Crippen LogP contribution in [0, 0.1) is 68.0 Å². The molecule has 0 aliphatic rings. The number of hydrogen-bond donors (Lipinski definition) is 0. The molecule has 7 heteroatoms. The summed E-state index contributed by atoms with van der Waals surface area (Å²) < 4.78 is 0. The summed E-state index contributed by atoms with van der Waals surface area (Å²) in [5.41, 5.74) is 7.30. The maximum absolute atomic E-state index is 9.68. The first-order chi connectivity index (χ1) is 21.0. The Morgan fingerprint density at radius 1 is 0.302 bits per heavy atom. The Labute approximate surface area is 248 Å². The van der Waals surface area contributed by atoms with Crippen LogP contribution in [0.2, 0.25) is 0 Å². The number of nitriles is 6. The van der Waals surface area contributed by atoms with E-state index >= 15 is 0 Å². The predicted molar refractivity (Wildman–Crippen MR) is 160 cm³/mol. The zero-order valence-corrected chi connectivity index (χ0v) is 22.4. The molecule has 0 saturated carbocycles. The van der Waals surface area contributed by atoms with E-state index in [-0.39, 0.29) is 11.1 Å². The number of hydrogen-bond acceptors (Lipinski definition) is 7. The van der Waals surface area contributed by atoms with Crippen LogP contribution in [0.3, 0.4) is 0 Å². The Bertz CT molecular complexity index is 2020. The fourth-order valence-electron chi connectivity index (χ4n) is 4.74. The minimum atomic E-state index is 0.251. The van der Waals surface area contributed by atoms with Crippen LogP contribution in [-0.2, 0) is 0 Å². The van der Waals surface area contributed by atoms with Crippen molar-refractivity contribution in [3.05, 3.63) is 137 Å². The maximum Gasteiger partial charge on any atom is 0.101 e. The summed E-state index contributed by atoms with van der Waals surface area (Å²) in [6, 6.07) is 42.9. The summed E-state index contributed by atoms with van der Waals surface area (Å²) in [4.78, 5) is 1.95. The van der Waals surface area contributed by atoms with Crippen LogP contribution in [0.1, 0.15) is 33.4 Å². The molecule has 0 N–H and O–H groups in total. The van der Waals surface area contributed by atoms with Crippen molar-refractivity contribution in [2.45, 2.75) is 0 Å². The summed E-state index contributed by atoms with van der Waals surface area (Å²) in [5, 5.41) is 56.5. The van der Waals surface area contributed by atoms with E-state index in [0.717, 1.165) is 33.6 Å². The minimum Gasteiger partial charge on any atom is -0.310 e. The second-order valence-electron chi connectivity index (χ2n) is 9.35. The average molecular weight is 548 g/mol. The van der Waals surface area contributed by atoms with Gasteiger partial charge in [0.15, 0.2) is 0 Å². The molecule has 0 heterocycles. The van der Waals surface area contributed by atoms with E-state index in [0.29, 0.717) is 27.9 Å². The van der Waals surface area contributed by atoms with Crippen LogP contribution in [0.4, 0.5) is 17.1 Å². The van der Waals surface area contributed by atoms with Gasteiger partial charge in [-0.05, 0) is 89.0 Å². The van der Waals surface area contributed by atoms with Gasteiger partial charge in [0.25, 0.3) is 0 Å². The topological polar surface area (TPSA) is 146 Å². The van der Waals surface area contributed by atoms with Crippen LogP contribution in [0.5, 0.6) is 0 Å². The highest BCUT2D eigenvalue weighted by Crippen LogP contribution is 2.37. The number of anilines is 3. The summed E-state index contributed by atoms with van der Waals surface area (Å²) in [7, 11) is 0. The molecule has 7 nitrogen and oxygen atoms in total. The van der Waals surface area contributed by atoms with Crippen molar-refractivity contribution in [1.29, 1.82) is 31.6 Å².